The van der Waals surface area contributed by atoms with E-state index in [-0.39, 0.29) is 12.5 Å². The fourth-order valence-corrected chi connectivity index (χ4v) is 1.76. The number of aliphatic carboxylic acids is 1. The van der Waals surface area contributed by atoms with Crippen LogP contribution in [0.4, 0.5) is 0 Å². The summed E-state index contributed by atoms with van der Waals surface area (Å²) in [5.41, 5.74) is 0. The molecule has 1 saturated heterocycles. The Hall–Kier alpha value is -1.10. The zero-order chi connectivity index (χ0) is 12.0. The molecular formula is C11H20N2O3. The minimum Gasteiger partial charge on any atom is -0.480 e. The molecule has 0 saturated carbocycles. The molecule has 1 amide bonds. The lowest BCUT2D eigenvalue weighted by atomic mass is 10.2. The van der Waals surface area contributed by atoms with Crippen LogP contribution in [0.15, 0.2) is 0 Å². The summed E-state index contributed by atoms with van der Waals surface area (Å²) in [7, 11) is 0. The first-order valence-electron chi connectivity index (χ1n) is 5.85. The van der Waals surface area contributed by atoms with Gasteiger partial charge in [0.05, 0.1) is 6.54 Å². The second-order valence-corrected chi connectivity index (χ2v) is 4.24. The van der Waals surface area contributed by atoms with Crippen molar-refractivity contribution in [3.05, 3.63) is 0 Å². The van der Waals surface area contributed by atoms with Crippen LogP contribution in [-0.4, -0.2) is 47.6 Å². The van der Waals surface area contributed by atoms with Crippen LogP contribution in [0.25, 0.3) is 0 Å². The molecule has 0 aromatic rings. The van der Waals surface area contributed by atoms with E-state index in [9.17, 15) is 9.59 Å². The van der Waals surface area contributed by atoms with Crippen LogP contribution in [0, 0.1) is 0 Å². The Morgan fingerprint density at radius 2 is 1.81 bits per heavy atom. The predicted octanol–water partition coefficient (Wildman–Crippen LogP) is 0.452. The Bertz CT molecular complexity index is 248. The van der Waals surface area contributed by atoms with Gasteiger partial charge in [0.2, 0.25) is 5.91 Å². The molecule has 0 aliphatic carbocycles. The Kier molecular flexibility index (Phi) is 5.25. The van der Waals surface area contributed by atoms with E-state index in [1.165, 1.54) is 19.8 Å². The number of carboxylic acid groups (broad SMARTS) is 1. The number of amides is 1. The molecule has 1 fully saturated rings. The predicted molar refractivity (Wildman–Crippen MR) is 60.1 cm³/mol. The zero-order valence-corrected chi connectivity index (χ0v) is 9.74. The molecule has 2 N–H and O–H groups in total. The van der Waals surface area contributed by atoms with Crippen molar-refractivity contribution in [3.8, 4) is 0 Å². The smallest absolute Gasteiger partial charge is 0.320 e. The number of carbonyl (C=O) groups is 2. The number of nitrogens with zero attached hydrogens (tertiary/aromatic N) is 1. The lowest BCUT2D eigenvalue weighted by Crippen LogP contribution is -2.43. The Morgan fingerprint density at radius 3 is 2.31 bits per heavy atom. The van der Waals surface area contributed by atoms with Crippen molar-refractivity contribution in [1.82, 2.24) is 10.2 Å². The van der Waals surface area contributed by atoms with Crippen LogP contribution >= 0.6 is 0 Å². The second-order valence-electron chi connectivity index (χ2n) is 4.24. The van der Waals surface area contributed by atoms with E-state index in [0.717, 1.165) is 25.9 Å². The standard InChI is InChI=1S/C11H20N2O3/c1-9(11(15)16)12-8-10(14)13-6-4-2-3-5-7-13/h9,12H,2-8H2,1H3,(H,15,16). The van der Waals surface area contributed by atoms with E-state index in [4.69, 9.17) is 5.11 Å². The number of hydrogen-bond donors (Lipinski definition) is 2. The topological polar surface area (TPSA) is 69.6 Å². The van der Waals surface area contributed by atoms with Crippen LogP contribution in [-0.2, 0) is 9.59 Å². The van der Waals surface area contributed by atoms with E-state index in [2.05, 4.69) is 5.32 Å². The zero-order valence-electron chi connectivity index (χ0n) is 9.74. The van der Waals surface area contributed by atoms with Gasteiger partial charge in [-0.15, -0.1) is 0 Å². The molecular weight excluding hydrogens is 208 g/mol. The summed E-state index contributed by atoms with van der Waals surface area (Å²) in [6, 6.07) is -0.670. The number of nitrogens with one attached hydrogen (secondary N) is 1. The van der Waals surface area contributed by atoms with E-state index < -0.39 is 12.0 Å². The van der Waals surface area contributed by atoms with Crippen molar-refractivity contribution in [2.24, 2.45) is 0 Å². The normalized spacial score (nSPS) is 18.9. The molecule has 0 bridgehead atoms. The molecule has 5 nitrogen and oxygen atoms in total. The summed E-state index contributed by atoms with van der Waals surface area (Å²) in [5.74, 6) is -0.918. The highest BCUT2D eigenvalue weighted by Gasteiger charge is 2.17. The molecule has 1 atom stereocenters. The van der Waals surface area contributed by atoms with Crippen molar-refractivity contribution in [2.75, 3.05) is 19.6 Å². The molecule has 16 heavy (non-hydrogen) atoms. The average Bonchev–Trinajstić information content (AvgIpc) is 2.53. The van der Waals surface area contributed by atoms with Gasteiger partial charge >= 0.3 is 5.97 Å². The number of likely N-dealkylation sites (tertiary alicyclic amines) is 1. The van der Waals surface area contributed by atoms with Gasteiger partial charge in [0, 0.05) is 13.1 Å². The molecule has 1 heterocycles. The molecule has 0 radical (unpaired) electrons. The van der Waals surface area contributed by atoms with Crippen molar-refractivity contribution >= 4 is 11.9 Å². The number of rotatable bonds is 4. The summed E-state index contributed by atoms with van der Waals surface area (Å²) in [6.45, 7) is 3.27. The number of carboxylic acids is 1. The van der Waals surface area contributed by atoms with Crippen molar-refractivity contribution in [1.29, 1.82) is 0 Å². The van der Waals surface area contributed by atoms with E-state index in [1.54, 1.807) is 0 Å². The Labute approximate surface area is 95.8 Å². The molecule has 0 spiro atoms. The van der Waals surface area contributed by atoms with Gasteiger partial charge in [-0.2, -0.15) is 0 Å². The Balaban J connectivity index is 2.30. The molecule has 1 unspecified atom stereocenters. The maximum Gasteiger partial charge on any atom is 0.320 e. The summed E-state index contributed by atoms with van der Waals surface area (Å²) < 4.78 is 0. The van der Waals surface area contributed by atoms with Gasteiger partial charge in [0.15, 0.2) is 0 Å². The highest BCUT2D eigenvalue weighted by Crippen LogP contribution is 2.09. The quantitative estimate of drug-likeness (QED) is 0.733. The average molecular weight is 228 g/mol. The fraction of sp³-hybridized carbons (Fsp3) is 0.818. The van der Waals surface area contributed by atoms with E-state index >= 15 is 0 Å². The molecule has 1 rings (SSSR count). The van der Waals surface area contributed by atoms with Gasteiger partial charge in [-0.3, -0.25) is 14.9 Å². The van der Waals surface area contributed by atoms with Crippen LogP contribution in [0.2, 0.25) is 0 Å². The van der Waals surface area contributed by atoms with Crippen molar-refractivity contribution in [2.45, 2.75) is 38.6 Å². The van der Waals surface area contributed by atoms with Gasteiger partial charge in [-0.1, -0.05) is 12.8 Å². The number of hydrogen-bond acceptors (Lipinski definition) is 3. The highest BCUT2D eigenvalue weighted by atomic mass is 16.4. The summed E-state index contributed by atoms with van der Waals surface area (Å²) in [5, 5.41) is 11.4. The van der Waals surface area contributed by atoms with Crippen molar-refractivity contribution in [3.63, 3.8) is 0 Å². The molecule has 5 heteroatoms. The van der Waals surface area contributed by atoms with Gasteiger partial charge < -0.3 is 10.0 Å². The summed E-state index contributed by atoms with van der Waals surface area (Å²) >= 11 is 0. The molecule has 1 aliphatic rings. The van der Waals surface area contributed by atoms with Crippen LogP contribution < -0.4 is 5.32 Å². The SMILES string of the molecule is CC(NCC(=O)N1CCCCCC1)C(=O)O. The first-order chi connectivity index (χ1) is 7.61. The Morgan fingerprint density at radius 1 is 1.25 bits per heavy atom. The van der Waals surface area contributed by atoms with Crippen LogP contribution in [0.1, 0.15) is 32.6 Å². The second kappa shape index (κ2) is 6.48. The number of carbonyl (C=O) groups excluding carboxylic acids is 1. The van der Waals surface area contributed by atoms with Gasteiger partial charge in [0.1, 0.15) is 6.04 Å². The third-order valence-electron chi connectivity index (χ3n) is 2.89. The maximum absolute atomic E-state index is 11.7. The lowest BCUT2D eigenvalue weighted by Gasteiger charge is -2.21. The largest absolute Gasteiger partial charge is 0.480 e. The van der Waals surface area contributed by atoms with Crippen LogP contribution in [0.3, 0.4) is 0 Å². The van der Waals surface area contributed by atoms with Gasteiger partial charge in [-0.05, 0) is 19.8 Å². The molecule has 92 valence electrons. The van der Waals surface area contributed by atoms with E-state index in [0.29, 0.717) is 0 Å². The first kappa shape index (κ1) is 13.0. The molecule has 0 aromatic carbocycles. The van der Waals surface area contributed by atoms with Crippen molar-refractivity contribution < 1.29 is 14.7 Å². The third-order valence-corrected chi connectivity index (χ3v) is 2.89. The first-order valence-corrected chi connectivity index (χ1v) is 5.85. The highest BCUT2D eigenvalue weighted by molar-refractivity contribution is 5.79. The minimum absolute atomic E-state index is 0.00926. The minimum atomic E-state index is -0.927. The van der Waals surface area contributed by atoms with E-state index in [1.807, 2.05) is 4.90 Å². The third kappa shape index (κ3) is 4.18. The summed E-state index contributed by atoms with van der Waals surface area (Å²) in [6.07, 6.45) is 4.48. The van der Waals surface area contributed by atoms with Gasteiger partial charge in [-0.25, -0.2) is 0 Å². The molecule has 1 aliphatic heterocycles. The molecule has 0 aromatic heterocycles. The lowest BCUT2D eigenvalue weighted by molar-refractivity contribution is -0.139. The van der Waals surface area contributed by atoms with Crippen LogP contribution in [0.5, 0.6) is 0 Å². The monoisotopic (exact) mass is 228 g/mol. The maximum atomic E-state index is 11.7. The fourth-order valence-electron chi connectivity index (χ4n) is 1.76. The summed E-state index contributed by atoms with van der Waals surface area (Å²) in [4.78, 5) is 24.1. The van der Waals surface area contributed by atoms with Gasteiger partial charge in [0.25, 0.3) is 0 Å².